The van der Waals surface area contributed by atoms with Crippen molar-refractivity contribution in [2.45, 2.75) is 0 Å². The molecular formula is C12H7F3O. The Hall–Kier alpha value is -1.97. The first-order valence-corrected chi connectivity index (χ1v) is 4.53. The van der Waals surface area contributed by atoms with Crippen molar-refractivity contribution in [1.82, 2.24) is 0 Å². The highest BCUT2D eigenvalue weighted by molar-refractivity contribution is 5.71. The molecule has 0 fully saturated rings. The van der Waals surface area contributed by atoms with Gasteiger partial charge in [-0.25, -0.2) is 13.2 Å². The highest BCUT2D eigenvalue weighted by atomic mass is 19.2. The van der Waals surface area contributed by atoms with Crippen molar-refractivity contribution in [3.63, 3.8) is 0 Å². The van der Waals surface area contributed by atoms with Crippen LogP contribution >= 0.6 is 0 Å². The van der Waals surface area contributed by atoms with Crippen LogP contribution < -0.4 is 0 Å². The molecule has 2 rings (SSSR count). The zero-order valence-electron chi connectivity index (χ0n) is 8.05. The first kappa shape index (κ1) is 10.5. The summed E-state index contributed by atoms with van der Waals surface area (Å²) in [7, 11) is 0. The minimum atomic E-state index is -1.18. The molecule has 0 aromatic heterocycles. The predicted molar refractivity (Wildman–Crippen MR) is 53.4 cm³/mol. The number of aromatic hydroxyl groups is 1. The van der Waals surface area contributed by atoms with Crippen molar-refractivity contribution in [3.05, 3.63) is 53.8 Å². The van der Waals surface area contributed by atoms with E-state index in [1.165, 1.54) is 24.3 Å². The van der Waals surface area contributed by atoms with E-state index >= 15 is 0 Å². The molecule has 0 saturated heterocycles. The molecule has 2 aromatic rings. The fraction of sp³-hybridized carbons (Fsp3) is 0. The van der Waals surface area contributed by atoms with Crippen LogP contribution in [-0.4, -0.2) is 5.11 Å². The summed E-state index contributed by atoms with van der Waals surface area (Å²) >= 11 is 0. The van der Waals surface area contributed by atoms with E-state index in [1.54, 1.807) is 0 Å². The molecule has 82 valence electrons. The second-order valence-corrected chi connectivity index (χ2v) is 3.24. The summed E-state index contributed by atoms with van der Waals surface area (Å²) < 4.78 is 39.7. The van der Waals surface area contributed by atoms with Crippen molar-refractivity contribution in [1.29, 1.82) is 0 Å². The fourth-order valence-corrected chi connectivity index (χ4v) is 1.48. The predicted octanol–water partition coefficient (Wildman–Crippen LogP) is 3.48. The number of hydrogen-bond donors (Lipinski definition) is 1. The SMILES string of the molecule is Oc1cccc(F)c1-c1cccc(F)c1F. The average Bonchev–Trinajstić information content (AvgIpc) is 2.24. The molecule has 0 bridgehead atoms. The molecule has 0 radical (unpaired) electrons. The van der Waals surface area contributed by atoms with Crippen LogP contribution in [0.25, 0.3) is 11.1 Å². The van der Waals surface area contributed by atoms with Gasteiger partial charge in [-0.3, -0.25) is 0 Å². The number of halogens is 3. The van der Waals surface area contributed by atoms with Gasteiger partial charge in [0.2, 0.25) is 0 Å². The second kappa shape index (κ2) is 3.89. The monoisotopic (exact) mass is 224 g/mol. The molecule has 0 spiro atoms. The summed E-state index contributed by atoms with van der Waals surface area (Å²) in [5, 5.41) is 9.43. The Balaban J connectivity index is 2.73. The maximum atomic E-state index is 13.4. The van der Waals surface area contributed by atoms with E-state index in [9.17, 15) is 18.3 Å². The minimum Gasteiger partial charge on any atom is -0.507 e. The highest BCUT2D eigenvalue weighted by Crippen LogP contribution is 2.33. The summed E-state index contributed by atoms with van der Waals surface area (Å²) in [6, 6.07) is 6.94. The number of rotatable bonds is 1. The summed E-state index contributed by atoms with van der Waals surface area (Å²) in [6.07, 6.45) is 0. The van der Waals surface area contributed by atoms with Crippen LogP contribution in [0.5, 0.6) is 5.75 Å². The molecule has 1 nitrogen and oxygen atoms in total. The third-order valence-corrected chi connectivity index (χ3v) is 2.21. The van der Waals surface area contributed by atoms with Gasteiger partial charge in [0.05, 0.1) is 5.56 Å². The van der Waals surface area contributed by atoms with E-state index in [2.05, 4.69) is 0 Å². The van der Waals surface area contributed by atoms with Crippen LogP contribution in [0.4, 0.5) is 13.2 Å². The van der Waals surface area contributed by atoms with E-state index in [-0.39, 0.29) is 11.1 Å². The fourth-order valence-electron chi connectivity index (χ4n) is 1.48. The largest absolute Gasteiger partial charge is 0.507 e. The molecule has 0 aliphatic rings. The number of hydrogen-bond acceptors (Lipinski definition) is 1. The minimum absolute atomic E-state index is 0.296. The third kappa shape index (κ3) is 1.62. The van der Waals surface area contributed by atoms with Crippen LogP contribution in [0.1, 0.15) is 0 Å². The average molecular weight is 224 g/mol. The molecule has 0 aliphatic heterocycles. The van der Waals surface area contributed by atoms with Crippen LogP contribution in [0, 0.1) is 17.5 Å². The zero-order chi connectivity index (χ0) is 11.7. The maximum Gasteiger partial charge on any atom is 0.166 e. The van der Waals surface area contributed by atoms with Gasteiger partial charge in [-0.05, 0) is 18.2 Å². The van der Waals surface area contributed by atoms with E-state index in [1.807, 2.05) is 0 Å². The topological polar surface area (TPSA) is 20.2 Å². The molecule has 0 aliphatic carbocycles. The lowest BCUT2D eigenvalue weighted by molar-refractivity contribution is 0.469. The zero-order valence-corrected chi connectivity index (χ0v) is 8.05. The summed E-state index contributed by atoms with van der Waals surface area (Å²) in [4.78, 5) is 0. The van der Waals surface area contributed by atoms with Gasteiger partial charge < -0.3 is 5.11 Å². The second-order valence-electron chi connectivity index (χ2n) is 3.24. The molecule has 0 unspecified atom stereocenters. The Morgan fingerprint density at radius 2 is 1.44 bits per heavy atom. The maximum absolute atomic E-state index is 13.4. The van der Waals surface area contributed by atoms with Crippen LogP contribution in [0.2, 0.25) is 0 Å². The van der Waals surface area contributed by atoms with Gasteiger partial charge in [-0.1, -0.05) is 18.2 Å². The van der Waals surface area contributed by atoms with Gasteiger partial charge in [0.1, 0.15) is 11.6 Å². The number of benzene rings is 2. The Labute approximate surface area is 89.8 Å². The Kier molecular flexibility index (Phi) is 2.56. The van der Waals surface area contributed by atoms with Crippen molar-refractivity contribution in [3.8, 4) is 16.9 Å². The molecule has 2 aromatic carbocycles. The van der Waals surface area contributed by atoms with E-state index in [0.29, 0.717) is 0 Å². The standard InChI is InChI=1S/C12H7F3O/c13-8-4-2-6-10(16)11(8)7-3-1-5-9(14)12(7)15/h1-6,16H. The lowest BCUT2D eigenvalue weighted by Gasteiger charge is -2.07. The Morgan fingerprint density at radius 3 is 2.12 bits per heavy atom. The normalized spacial score (nSPS) is 10.4. The van der Waals surface area contributed by atoms with Gasteiger partial charge >= 0.3 is 0 Å². The van der Waals surface area contributed by atoms with Crippen molar-refractivity contribution in [2.24, 2.45) is 0 Å². The smallest absolute Gasteiger partial charge is 0.166 e. The van der Waals surface area contributed by atoms with Gasteiger partial charge in [-0.2, -0.15) is 0 Å². The van der Waals surface area contributed by atoms with Crippen LogP contribution in [0.3, 0.4) is 0 Å². The molecule has 4 heteroatoms. The molecule has 0 atom stereocenters. The first-order valence-electron chi connectivity index (χ1n) is 4.53. The van der Waals surface area contributed by atoms with Crippen LogP contribution in [0.15, 0.2) is 36.4 Å². The molecule has 0 saturated carbocycles. The Bertz CT molecular complexity index is 518. The quantitative estimate of drug-likeness (QED) is 0.786. The first-order chi connectivity index (χ1) is 7.61. The van der Waals surface area contributed by atoms with Crippen molar-refractivity contribution < 1.29 is 18.3 Å². The lowest BCUT2D eigenvalue weighted by Crippen LogP contribution is -1.92. The van der Waals surface area contributed by atoms with E-state index in [0.717, 1.165) is 12.1 Å². The lowest BCUT2D eigenvalue weighted by atomic mass is 10.0. The summed E-state index contributed by atoms with van der Waals surface area (Å²) in [5.41, 5.74) is -0.630. The van der Waals surface area contributed by atoms with Crippen LogP contribution in [-0.2, 0) is 0 Å². The number of phenols is 1. The number of phenolic OH excluding ortho intramolecular Hbond substituents is 1. The van der Waals surface area contributed by atoms with E-state index < -0.39 is 23.2 Å². The summed E-state index contributed by atoms with van der Waals surface area (Å²) in [5.74, 6) is -3.49. The van der Waals surface area contributed by atoms with Gasteiger partial charge in [-0.15, -0.1) is 0 Å². The third-order valence-electron chi connectivity index (χ3n) is 2.21. The summed E-state index contributed by atoms with van der Waals surface area (Å²) in [6.45, 7) is 0. The molecule has 1 N–H and O–H groups in total. The Morgan fingerprint density at radius 1 is 0.812 bits per heavy atom. The van der Waals surface area contributed by atoms with Crippen molar-refractivity contribution in [2.75, 3.05) is 0 Å². The van der Waals surface area contributed by atoms with Gasteiger partial charge in [0, 0.05) is 5.56 Å². The molecule has 0 amide bonds. The molecule has 0 heterocycles. The van der Waals surface area contributed by atoms with E-state index in [4.69, 9.17) is 0 Å². The van der Waals surface area contributed by atoms with Gasteiger partial charge in [0.15, 0.2) is 11.6 Å². The molecule has 16 heavy (non-hydrogen) atoms. The molecular weight excluding hydrogens is 217 g/mol. The van der Waals surface area contributed by atoms with Crippen molar-refractivity contribution >= 4 is 0 Å². The van der Waals surface area contributed by atoms with Gasteiger partial charge in [0.25, 0.3) is 0 Å². The highest BCUT2D eigenvalue weighted by Gasteiger charge is 2.16.